The second kappa shape index (κ2) is 11.0. The maximum absolute atomic E-state index is 12.6. The first-order valence-electron chi connectivity index (χ1n) is 10.4. The average molecular weight is 453 g/mol. The van der Waals surface area contributed by atoms with Crippen LogP contribution in [0.1, 0.15) is 45.1 Å². The lowest BCUT2D eigenvalue weighted by Crippen LogP contribution is -2.46. The Bertz CT molecular complexity index is 878. The molecule has 1 aliphatic heterocycles. The average Bonchev–Trinajstić information content (AvgIpc) is 2.73. The zero-order valence-corrected chi connectivity index (χ0v) is 19.7. The van der Waals surface area contributed by atoms with Gasteiger partial charge in [0.15, 0.2) is 0 Å². The van der Waals surface area contributed by atoms with Crippen molar-refractivity contribution >= 4 is 33.9 Å². The molecule has 8 heteroatoms. The van der Waals surface area contributed by atoms with Crippen LogP contribution in [0.2, 0.25) is 0 Å². The van der Waals surface area contributed by atoms with Gasteiger partial charge < -0.3 is 4.90 Å². The van der Waals surface area contributed by atoms with Crippen molar-refractivity contribution in [2.75, 3.05) is 42.3 Å². The maximum Gasteiger partial charge on any atom is 0.261 e. The first kappa shape index (κ1) is 24.4. The summed E-state index contributed by atoms with van der Waals surface area (Å²) in [5.41, 5.74) is 1.59. The molecule has 0 radical (unpaired) electrons. The van der Waals surface area contributed by atoms with E-state index in [0.29, 0.717) is 11.6 Å². The van der Waals surface area contributed by atoms with E-state index >= 15 is 0 Å². The van der Waals surface area contributed by atoms with E-state index in [1.807, 2.05) is 18.2 Å². The van der Waals surface area contributed by atoms with Crippen molar-refractivity contribution in [2.45, 2.75) is 44.4 Å². The number of anilines is 2. The topological polar surface area (TPSA) is 65.5 Å². The van der Waals surface area contributed by atoms with Gasteiger partial charge in [0.1, 0.15) is 5.82 Å². The SMILES string of the molecule is CCCCN1CCN(c2ccc(NS(=O)(=O)c3ccc(C(C)C)cc3)cn2)CC1.Cl. The minimum Gasteiger partial charge on any atom is -0.354 e. The molecule has 0 unspecified atom stereocenters. The molecule has 0 bridgehead atoms. The molecule has 1 aromatic carbocycles. The lowest BCUT2D eigenvalue weighted by molar-refractivity contribution is 0.253. The van der Waals surface area contributed by atoms with Crippen LogP contribution in [-0.2, 0) is 10.0 Å². The number of unbranched alkanes of at least 4 members (excludes halogenated alkanes) is 1. The first-order valence-corrected chi connectivity index (χ1v) is 11.9. The number of pyridine rings is 1. The van der Waals surface area contributed by atoms with Crippen LogP contribution in [0.5, 0.6) is 0 Å². The fraction of sp³-hybridized carbons (Fsp3) is 0.500. The molecule has 0 atom stereocenters. The summed E-state index contributed by atoms with van der Waals surface area (Å²) in [7, 11) is -3.62. The molecule has 6 nitrogen and oxygen atoms in total. The summed E-state index contributed by atoms with van der Waals surface area (Å²) in [6, 6.07) is 10.7. The zero-order chi connectivity index (χ0) is 20.9. The van der Waals surface area contributed by atoms with Gasteiger partial charge in [-0.1, -0.05) is 39.3 Å². The second-order valence-electron chi connectivity index (χ2n) is 7.92. The van der Waals surface area contributed by atoms with Gasteiger partial charge in [0.2, 0.25) is 0 Å². The third-order valence-corrected chi connectivity index (χ3v) is 6.78. The van der Waals surface area contributed by atoms with Crippen LogP contribution in [0.15, 0.2) is 47.5 Å². The van der Waals surface area contributed by atoms with Crippen molar-refractivity contribution in [1.29, 1.82) is 0 Å². The molecule has 1 aromatic heterocycles. The van der Waals surface area contributed by atoms with Crippen molar-refractivity contribution in [1.82, 2.24) is 9.88 Å². The van der Waals surface area contributed by atoms with Crippen LogP contribution >= 0.6 is 12.4 Å². The minimum atomic E-state index is -3.62. The van der Waals surface area contributed by atoms with E-state index in [-0.39, 0.29) is 17.3 Å². The summed E-state index contributed by atoms with van der Waals surface area (Å²) in [5, 5.41) is 0. The summed E-state index contributed by atoms with van der Waals surface area (Å²) in [6.45, 7) is 11.5. The predicted octanol–water partition coefficient (Wildman–Crippen LogP) is 4.35. The molecule has 1 fully saturated rings. The number of nitrogens with zero attached hydrogens (tertiary/aromatic N) is 3. The van der Waals surface area contributed by atoms with Crippen molar-refractivity contribution in [3.63, 3.8) is 0 Å². The Morgan fingerprint density at radius 2 is 1.70 bits per heavy atom. The molecule has 0 aliphatic carbocycles. The van der Waals surface area contributed by atoms with Gasteiger partial charge in [-0.3, -0.25) is 9.62 Å². The summed E-state index contributed by atoms with van der Waals surface area (Å²) in [6.07, 6.45) is 4.06. The standard InChI is InChI=1S/C22H32N4O2S.ClH/c1-4-5-12-25-13-15-26(16-14-25)22-11-8-20(17-23-22)24-29(27,28)21-9-6-19(7-10-21)18(2)3;/h6-11,17-18,24H,4-5,12-16H2,1-3H3;1H. The Hall–Kier alpha value is -1.83. The monoisotopic (exact) mass is 452 g/mol. The maximum atomic E-state index is 12.6. The highest BCUT2D eigenvalue weighted by Crippen LogP contribution is 2.21. The van der Waals surface area contributed by atoms with E-state index < -0.39 is 10.0 Å². The fourth-order valence-corrected chi connectivity index (χ4v) is 4.51. The van der Waals surface area contributed by atoms with Gasteiger partial charge in [0, 0.05) is 26.2 Å². The van der Waals surface area contributed by atoms with Crippen LogP contribution < -0.4 is 9.62 Å². The van der Waals surface area contributed by atoms with Crippen molar-refractivity contribution in [2.24, 2.45) is 0 Å². The molecule has 1 N–H and O–H groups in total. The second-order valence-corrected chi connectivity index (χ2v) is 9.60. The lowest BCUT2D eigenvalue weighted by atomic mass is 10.0. The number of sulfonamides is 1. The highest BCUT2D eigenvalue weighted by molar-refractivity contribution is 7.92. The van der Waals surface area contributed by atoms with Crippen molar-refractivity contribution in [3.8, 4) is 0 Å². The molecule has 2 heterocycles. The van der Waals surface area contributed by atoms with E-state index in [1.54, 1.807) is 24.4 Å². The number of hydrogen-bond donors (Lipinski definition) is 1. The van der Waals surface area contributed by atoms with Crippen molar-refractivity contribution in [3.05, 3.63) is 48.2 Å². The highest BCUT2D eigenvalue weighted by Gasteiger charge is 2.18. The largest absolute Gasteiger partial charge is 0.354 e. The van der Waals surface area contributed by atoms with Gasteiger partial charge in [-0.25, -0.2) is 13.4 Å². The number of aromatic nitrogens is 1. The highest BCUT2D eigenvalue weighted by atomic mass is 35.5. The van der Waals surface area contributed by atoms with Gasteiger partial charge in [0.25, 0.3) is 10.0 Å². The van der Waals surface area contributed by atoms with Gasteiger partial charge in [-0.15, -0.1) is 12.4 Å². The van der Waals surface area contributed by atoms with E-state index in [9.17, 15) is 8.42 Å². The molecule has 1 saturated heterocycles. The zero-order valence-electron chi connectivity index (χ0n) is 18.0. The summed E-state index contributed by atoms with van der Waals surface area (Å²) < 4.78 is 27.9. The minimum absolute atomic E-state index is 0. The lowest BCUT2D eigenvalue weighted by Gasteiger charge is -2.35. The van der Waals surface area contributed by atoms with Crippen LogP contribution in [0.4, 0.5) is 11.5 Å². The number of rotatable bonds is 8. The Kier molecular flexibility index (Phi) is 8.94. The predicted molar refractivity (Wildman–Crippen MR) is 126 cm³/mol. The number of halogens is 1. The Labute approximate surface area is 187 Å². The smallest absolute Gasteiger partial charge is 0.261 e. The molecular formula is C22H33ClN4O2S. The molecule has 1 aliphatic rings. The van der Waals surface area contributed by atoms with E-state index in [0.717, 1.165) is 44.1 Å². The third kappa shape index (κ3) is 6.33. The molecule has 3 rings (SSSR count). The van der Waals surface area contributed by atoms with Crippen LogP contribution in [-0.4, -0.2) is 51.0 Å². The summed E-state index contributed by atoms with van der Waals surface area (Å²) >= 11 is 0. The van der Waals surface area contributed by atoms with Gasteiger partial charge >= 0.3 is 0 Å². The van der Waals surface area contributed by atoms with Crippen LogP contribution in [0, 0.1) is 0 Å². The first-order chi connectivity index (χ1) is 13.9. The Balaban J connectivity index is 0.00000320. The molecule has 0 amide bonds. The molecule has 2 aromatic rings. The van der Waals surface area contributed by atoms with E-state index in [4.69, 9.17) is 0 Å². The van der Waals surface area contributed by atoms with E-state index in [2.05, 4.69) is 40.3 Å². The number of hydrogen-bond acceptors (Lipinski definition) is 5. The van der Waals surface area contributed by atoms with Crippen molar-refractivity contribution < 1.29 is 8.42 Å². The normalized spacial score (nSPS) is 15.1. The summed E-state index contributed by atoms with van der Waals surface area (Å²) in [5.74, 6) is 1.26. The molecule has 166 valence electrons. The number of nitrogens with one attached hydrogen (secondary N) is 1. The number of benzene rings is 1. The number of piperazine rings is 1. The van der Waals surface area contributed by atoms with Gasteiger partial charge in [-0.2, -0.15) is 0 Å². The fourth-order valence-electron chi connectivity index (χ4n) is 3.46. The van der Waals surface area contributed by atoms with Gasteiger partial charge in [0.05, 0.1) is 16.8 Å². The van der Waals surface area contributed by atoms with Crippen LogP contribution in [0.3, 0.4) is 0 Å². The molecule has 0 saturated carbocycles. The van der Waals surface area contributed by atoms with Gasteiger partial charge in [-0.05, 0) is 48.7 Å². The molecule has 30 heavy (non-hydrogen) atoms. The molecule has 0 spiro atoms. The summed E-state index contributed by atoms with van der Waals surface area (Å²) in [4.78, 5) is 9.49. The third-order valence-electron chi connectivity index (χ3n) is 5.38. The Morgan fingerprint density at radius 3 is 2.23 bits per heavy atom. The van der Waals surface area contributed by atoms with Crippen LogP contribution in [0.25, 0.3) is 0 Å². The quantitative estimate of drug-likeness (QED) is 0.645. The van der Waals surface area contributed by atoms with E-state index in [1.165, 1.54) is 12.8 Å². The Morgan fingerprint density at radius 1 is 1.03 bits per heavy atom. The molecular weight excluding hydrogens is 420 g/mol.